The van der Waals surface area contributed by atoms with Crippen LogP contribution in [0.2, 0.25) is 0 Å². The summed E-state index contributed by atoms with van der Waals surface area (Å²) in [6, 6.07) is 0.110. The van der Waals surface area contributed by atoms with E-state index in [0.717, 1.165) is 49.3 Å². The molecule has 2 N–H and O–H groups in total. The summed E-state index contributed by atoms with van der Waals surface area (Å²) in [7, 11) is 3.32. The lowest BCUT2D eigenvalue weighted by atomic mass is 9.79. The zero-order chi connectivity index (χ0) is 20.3. The zero-order valence-corrected chi connectivity index (χ0v) is 17.2. The molecule has 0 aromatic carbocycles. The van der Waals surface area contributed by atoms with Crippen LogP contribution in [0.15, 0.2) is 0 Å². The third kappa shape index (κ3) is 4.60. The number of methoxy groups -OCH3 is 1. The van der Waals surface area contributed by atoms with Gasteiger partial charge in [0.25, 0.3) is 5.91 Å². The predicted octanol–water partition coefficient (Wildman–Crippen LogP) is 1.35. The summed E-state index contributed by atoms with van der Waals surface area (Å²) < 4.78 is 5.29. The molecule has 0 bridgehead atoms. The highest BCUT2D eigenvalue weighted by atomic mass is 16.5. The van der Waals surface area contributed by atoms with Crippen LogP contribution in [0.5, 0.6) is 0 Å². The highest BCUT2D eigenvalue weighted by Crippen LogP contribution is 2.33. The smallest absolute Gasteiger partial charge is 0.288 e. The fraction of sp³-hybridized carbons (Fsp3) is 0.700. The topological polar surface area (TPSA) is 96.5 Å². The molecule has 8 heteroatoms. The summed E-state index contributed by atoms with van der Waals surface area (Å²) in [4.78, 5) is 35.1. The third-order valence-corrected chi connectivity index (χ3v) is 5.95. The number of nitrogens with one attached hydrogen (secondary N) is 2. The van der Waals surface area contributed by atoms with Crippen molar-refractivity contribution in [3.63, 3.8) is 0 Å². The van der Waals surface area contributed by atoms with Crippen molar-refractivity contribution < 1.29 is 14.3 Å². The van der Waals surface area contributed by atoms with Gasteiger partial charge in [0.1, 0.15) is 5.82 Å². The van der Waals surface area contributed by atoms with Gasteiger partial charge >= 0.3 is 0 Å². The lowest BCUT2D eigenvalue weighted by molar-refractivity contribution is -0.122. The molecule has 1 aliphatic heterocycles. The predicted molar refractivity (Wildman–Crippen MR) is 106 cm³/mol. The summed E-state index contributed by atoms with van der Waals surface area (Å²) in [6.07, 6.45) is 4.91. The fourth-order valence-electron chi connectivity index (χ4n) is 3.94. The molecule has 2 heterocycles. The Balaban J connectivity index is 1.53. The second kappa shape index (κ2) is 8.86. The van der Waals surface area contributed by atoms with Gasteiger partial charge in [0.2, 0.25) is 11.7 Å². The highest BCUT2D eigenvalue weighted by Gasteiger charge is 2.30. The summed E-state index contributed by atoms with van der Waals surface area (Å²) >= 11 is 0. The van der Waals surface area contributed by atoms with Crippen molar-refractivity contribution in [3.8, 4) is 0 Å². The van der Waals surface area contributed by atoms with Crippen molar-refractivity contribution in [1.29, 1.82) is 0 Å². The molecule has 154 valence electrons. The summed E-state index contributed by atoms with van der Waals surface area (Å²) in [5, 5.41) is 5.73. The van der Waals surface area contributed by atoms with E-state index in [0.29, 0.717) is 25.0 Å². The summed E-state index contributed by atoms with van der Waals surface area (Å²) in [5.74, 6) is 1.41. The molecule has 2 fully saturated rings. The van der Waals surface area contributed by atoms with Crippen molar-refractivity contribution >= 4 is 17.6 Å². The molecule has 1 aliphatic carbocycles. The molecule has 0 unspecified atom stereocenters. The standard InChI is InChI=1S/C20H31N5O3/c1-12-13(2)22-18(20(27)21-3)24-19(12)25-8-7-15(11-25)23-17(26)6-5-14-9-16(10-14)28-4/h14-16H,5-11H2,1-4H3,(H,21,27)(H,23,26)/t14?,15-,16?/m1/s1. The average molecular weight is 390 g/mol. The van der Waals surface area contributed by atoms with Gasteiger partial charge in [-0.25, -0.2) is 9.97 Å². The van der Waals surface area contributed by atoms with Crippen LogP contribution in [0.4, 0.5) is 5.82 Å². The van der Waals surface area contributed by atoms with Crippen molar-refractivity contribution in [2.75, 3.05) is 32.1 Å². The van der Waals surface area contributed by atoms with Crippen LogP contribution >= 0.6 is 0 Å². The van der Waals surface area contributed by atoms with Crippen LogP contribution in [-0.4, -0.2) is 61.2 Å². The first-order chi connectivity index (χ1) is 13.4. The van der Waals surface area contributed by atoms with Crippen molar-refractivity contribution in [3.05, 3.63) is 17.1 Å². The normalized spacial score (nSPS) is 24.0. The molecule has 8 nitrogen and oxygen atoms in total. The zero-order valence-electron chi connectivity index (χ0n) is 17.2. The Kier molecular flexibility index (Phi) is 6.49. The van der Waals surface area contributed by atoms with E-state index < -0.39 is 0 Å². The number of aromatic nitrogens is 2. The Labute approximate surface area is 166 Å². The summed E-state index contributed by atoms with van der Waals surface area (Å²) in [5.41, 5.74) is 1.77. The van der Waals surface area contributed by atoms with Crippen LogP contribution in [0.1, 0.15) is 54.0 Å². The SMILES string of the molecule is CNC(=O)c1nc(C)c(C)c(N2CC[C@@H](NC(=O)CCC3CC(OC)C3)C2)n1. The van der Waals surface area contributed by atoms with E-state index in [9.17, 15) is 9.59 Å². The van der Waals surface area contributed by atoms with E-state index in [1.807, 2.05) is 13.8 Å². The van der Waals surface area contributed by atoms with Crippen molar-refractivity contribution in [2.45, 2.75) is 58.1 Å². The Morgan fingerprint density at radius 3 is 2.68 bits per heavy atom. The van der Waals surface area contributed by atoms with Gasteiger partial charge in [0.05, 0.1) is 6.10 Å². The lowest BCUT2D eigenvalue weighted by Gasteiger charge is -2.34. The number of carbonyl (C=O) groups is 2. The van der Waals surface area contributed by atoms with E-state index in [2.05, 4.69) is 25.5 Å². The molecule has 1 aromatic heterocycles. The number of anilines is 1. The Hall–Kier alpha value is -2.22. The maximum absolute atomic E-state index is 12.3. The largest absolute Gasteiger partial charge is 0.381 e. The van der Waals surface area contributed by atoms with Crippen LogP contribution in [0, 0.1) is 19.8 Å². The number of rotatable bonds is 7. The molecular formula is C20H31N5O3. The van der Waals surface area contributed by atoms with Gasteiger partial charge in [0.15, 0.2) is 0 Å². The number of hydrogen-bond donors (Lipinski definition) is 2. The molecule has 3 rings (SSSR count). The van der Waals surface area contributed by atoms with Gasteiger partial charge < -0.3 is 20.3 Å². The van der Waals surface area contributed by atoms with Crippen LogP contribution in [0.3, 0.4) is 0 Å². The number of amides is 2. The molecule has 1 aromatic rings. The van der Waals surface area contributed by atoms with Gasteiger partial charge in [-0.3, -0.25) is 9.59 Å². The molecule has 1 atom stereocenters. The van der Waals surface area contributed by atoms with Crippen LogP contribution < -0.4 is 15.5 Å². The first kappa shape index (κ1) is 20.5. The monoisotopic (exact) mass is 389 g/mol. The summed E-state index contributed by atoms with van der Waals surface area (Å²) in [6.45, 7) is 5.35. The minimum absolute atomic E-state index is 0.110. The van der Waals surface area contributed by atoms with Crippen LogP contribution in [0.25, 0.3) is 0 Å². The number of nitrogens with zero attached hydrogens (tertiary/aromatic N) is 3. The van der Waals surface area contributed by atoms with Gasteiger partial charge in [0, 0.05) is 51.0 Å². The molecule has 0 radical (unpaired) electrons. The van der Waals surface area contributed by atoms with E-state index in [1.54, 1.807) is 14.2 Å². The average Bonchev–Trinajstić information content (AvgIpc) is 3.10. The second-order valence-electron chi connectivity index (χ2n) is 7.89. The minimum Gasteiger partial charge on any atom is -0.381 e. The first-order valence-electron chi connectivity index (χ1n) is 10.1. The van der Waals surface area contributed by atoms with E-state index >= 15 is 0 Å². The fourth-order valence-corrected chi connectivity index (χ4v) is 3.94. The Morgan fingerprint density at radius 1 is 1.25 bits per heavy atom. The lowest BCUT2D eigenvalue weighted by Crippen LogP contribution is -2.38. The first-order valence-corrected chi connectivity index (χ1v) is 10.1. The maximum atomic E-state index is 12.3. The van der Waals surface area contributed by atoms with Crippen LogP contribution in [-0.2, 0) is 9.53 Å². The Bertz CT molecular complexity index is 733. The number of aryl methyl sites for hydroxylation is 1. The van der Waals surface area contributed by atoms with E-state index in [4.69, 9.17) is 4.74 Å². The molecule has 1 saturated heterocycles. The van der Waals surface area contributed by atoms with E-state index in [1.165, 1.54) is 0 Å². The van der Waals surface area contributed by atoms with E-state index in [-0.39, 0.29) is 23.7 Å². The number of carbonyl (C=O) groups excluding carboxylic acids is 2. The molecule has 2 aliphatic rings. The maximum Gasteiger partial charge on any atom is 0.288 e. The van der Waals surface area contributed by atoms with Gasteiger partial charge in [-0.2, -0.15) is 0 Å². The van der Waals surface area contributed by atoms with Gasteiger partial charge in [-0.05, 0) is 45.4 Å². The van der Waals surface area contributed by atoms with Crippen molar-refractivity contribution in [2.24, 2.45) is 5.92 Å². The molecule has 2 amide bonds. The highest BCUT2D eigenvalue weighted by molar-refractivity contribution is 5.90. The minimum atomic E-state index is -0.292. The van der Waals surface area contributed by atoms with Gasteiger partial charge in [-0.15, -0.1) is 0 Å². The molecule has 1 saturated carbocycles. The third-order valence-electron chi connectivity index (χ3n) is 5.95. The molecular weight excluding hydrogens is 358 g/mol. The molecule has 0 spiro atoms. The number of hydrogen-bond acceptors (Lipinski definition) is 6. The van der Waals surface area contributed by atoms with Crippen molar-refractivity contribution in [1.82, 2.24) is 20.6 Å². The number of ether oxygens (including phenoxy) is 1. The quantitative estimate of drug-likeness (QED) is 0.731. The second-order valence-corrected chi connectivity index (χ2v) is 7.89. The van der Waals surface area contributed by atoms with Gasteiger partial charge in [-0.1, -0.05) is 0 Å². The Morgan fingerprint density at radius 2 is 2.00 bits per heavy atom. The molecule has 28 heavy (non-hydrogen) atoms.